The summed E-state index contributed by atoms with van der Waals surface area (Å²) in [7, 11) is 0. The Morgan fingerprint density at radius 2 is 1.66 bits per heavy atom. The van der Waals surface area contributed by atoms with Crippen molar-refractivity contribution in [3.63, 3.8) is 0 Å². The maximum atomic E-state index is 9.49. The molecule has 35 heavy (non-hydrogen) atoms. The summed E-state index contributed by atoms with van der Waals surface area (Å²) >= 11 is 0. The van der Waals surface area contributed by atoms with Gasteiger partial charge in [-0.2, -0.15) is 4.58 Å². The zero-order chi connectivity index (χ0) is 25.2. The fourth-order valence-corrected chi connectivity index (χ4v) is 5.82. The molecule has 0 unspecified atom stereocenters. The van der Waals surface area contributed by atoms with Crippen molar-refractivity contribution in [2.75, 3.05) is 31.1 Å². The van der Waals surface area contributed by atoms with Gasteiger partial charge in [-0.05, 0) is 51.5 Å². The van der Waals surface area contributed by atoms with Gasteiger partial charge >= 0.3 is 0 Å². The number of anilines is 1. The van der Waals surface area contributed by atoms with E-state index in [-0.39, 0.29) is 17.4 Å². The van der Waals surface area contributed by atoms with Crippen LogP contribution in [0, 0.1) is 0 Å². The molecule has 4 heteroatoms. The number of hydrogen-bond donors (Lipinski definition) is 1. The van der Waals surface area contributed by atoms with E-state index in [9.17, 15) is 5.11 Å². The standard InChI is InChI=1S/C31H40N3O/c1-7-33-26-17-11-9-15-24(26)30(3,4)28(33)19-13-14-23(32-20-21-35)22-29-31(5,6)25-16-10-12-18-27(25)34(29)8-2/h9-19,35H,7-8,20-22H2,1-6H3/q+1/b14-13+,28-19+,32-23?. The molecule has 2 aromatic rings. The molecule has 0 saturated heterocycles. The second kappa shape index (κ2) is 9.94. The molecule has 4 nitrogen and oxygen atoms in total. The molecular weight excluding hydrogens is 430 g/mol. The monoisotopic (exact) mass is 470 g/mol. The third-order valence-electron chi connectivity index (χ3n) is 7.65. The molecule has 0 amide bonds. The molecule has 2 heterocycles. The first-order valence-corrected chi connectivity index (χ1v) is 12.9. The minimum absolute atomic E-state index is 0.0534. The number of hydrogen-bond acceptors (Lipinski definition) is 3. The van der Waals surface area contributed by atoms with Gasteiger partial charge in [-0.1, -0.05) is 56.3 Å². The third-order valence-corrected chi connectivity index (χ3v) is 7.65. The number of aliphatic hydroxyl groups is 1. The summed E-state index contributed by atoms with van der Waals surface area (Å²) in [5.41, 5.74) is 8.88. The van der Waals surface area contributed by atoms with Crippen molar-refractivity contribution in [2.24, 2.45) is 4.99 Å². The SMILES string of the molecule is CCN1/C(=C/C=C/C(CC2=[N+](CC)c3ccccc3C2(C)C)=NCCO)C(C)(C)c2ccccc21. The molecule has 0 aliphatic carbocycles. The van der Waals surface area contributed by atoms with Crippen LogP contribution < -0.4 is 4.90 Å². The topological polar surface area (TPSA) is 38.8 Å². The van der Waals surface area contributed by atoms with Crippen molar-refractivity contribution in [1.82, 2.24) is 0 Å². The largest absolute Gasteiger partial charge is 0.394 e. The lowest BCUT2D eigenvalue weighted by Crippen LogP contribution is -2.31. The van der Waals surface area contributed by atoms with Crippen LogP contribution in [0.2, 0.25) is 0 Å². The molecule has 0 bridgehead atoms. The molecule has 2 aliphatic rings. The van der Waals surface area contributed by atoms with Gasteiger partial charge in [0, 0.05) is 40.7 Å². The number of fused-ring (bicyclic) bond motifs is 2. The van der Waals surface area contributed by atoms with Crippen molar-refractivity contribution >= 4 is 22.8 Å². The molecule has 184 valence electrons. The molecule has 2 aromatic carbocycles. The smallest absolute Gasteiger partial charge is 0.209 e. The molecule has 0 atom stereocenters. The van der Waals surface area contributed by atoms with E-state index in [1.165, 1.54) is 33.9 Å². The Bertz CT molecular complexity index is 1210. The Hall–Kier alpha value is -2.98. The second-order valence-electron chi connectivity index (χ2n) is 10.4. The summed E-state index contributed by atoms with van der Waals surface area (Å²) in [6.45, 7) is 16.0. The average molecular weight is 471 g/mol. The van der Waals surface area contributed by atoms with E-state index in [0.717, 1.165) is 25.2 Å². The summed E-state index contributed by atoms with van der Waals surface area (Å²) in [5, 5.41) is 9.49. The first-order chi connectivity index (χ1) is 16.8. The van der Waals surface area contributed by atoms with Crippen LogP contribution in [0.15, 0.2) is 77.4 Å². The predicted octanol–water partition coefficient (Wildman–Crippen LogP) is 6.16. The molecule has 0 spiro atoms. The van der Waals surface area contributed by atoms with E-state index in [4.69, 9.17) is 4.99 Å². The van der Waals surface area contributed by atoms with Gasteiger partial charge < -0.3 is 10.0 Å². The lowest BCUT2D eigenvalue weighted by Gasteiger charge is -2.25. The fourth-order valence-electron chi connectivity index (χ4n) is 5.82. The van der Waals surface area contributed by atoms with Crippen molar-refractivity contribution in [2.45, 2.75) is 58.8 Å². The number of nitrogens with zero attached hydrogens (tertiary/aromatic N) is 3. The van der Waals surface area contributed by atoms with Crippen molar-refractivity contribution < 1.29 is 9.68 Å². The summed E-state index contributed by atoms with van der Waals surface area (Å²) < 4.78 is 2.44. The summed E-state index contributed by atoms with van der Waals surface area (Å²) in [6.07, 6.45) is 7.29. The number of benzene rings is 2. The molecule has 0 aromatic heterocycles. The van der Waals surface area contributed by atoms with E-state index in [1.807, 2.05) is 0 Å². The zero-order valence-electron chi connectivity index (χ0n) is 22.2. The van der Waals surface area contributed by atoms with Gasteiger partial charge in [-0.25, -0.2) is 0 Å². The number of likely N-dealkylation sites (N-methyl/N-ethyl adjacent to an activating group) is 1. The third kappa shape index (κ3) is 4.40. The van der Waals surface area contributed by atoms with Gasteiger partial charge in [0.1, 0.15) is 6.54 Å². The molecule has 1 N–H and O–H groups in total. The van der Waals surface area contributed by atoms with E-state index in [0.29, 0.717) is 6.54 Å². The van der Waals surface area contributed by atoms with Gasteiger partial charge in [-0.3, -0.25) is 4.99 Å². The first-order valence-electron chi connectivity index (χ1n) is 12.9. The van der Waals surface area contributed by atoms with Gasteiger partial charge in [-0.15, -0.1) is 0 Å². The Kier molecular flexibility index (Phi) is 7.14. The predicted molar refractivity (Wildman–Crippen MR) is 149 cm³/mol. The average Bonchev–Trinajstić information content (AvgIpc) is 3.21. The summed E-state index contributed by atoms with van der Waals surface area (Å²) in [6, 6.07) is 17.4. The van der Waals surface area contributed by atoms with Crippen LogP contribution in [0.4, 0.5) is 11.4 Å². The van der Waals surface area contributed by atoms with Gasteiger partial charge in [0.25, 0.3) is 0 Å². The van der Waals surface area contributed by atoms with E-state index in [1.54, 1.807) is 0 Å². The summed E-state index contributed by atoms with van der Waals surface area (Å²) in [5.74, 6) is 0. The quantitative estimate of drug-likeness (QED) is 0.370. The van der Waals surface area contributed by atoms with Crippen LogP contribution in [0.1, 0.15) is 59.1 Å². The van der Waals surface area contributed by atoms with Crippen molar-refractivity contribution in [3.05, 3.63) is 83.6 Å². The van der Waals surface area contributed by atoms with Crippen molar-refractivity contribution in [3.8, 4) is 0 Å². The molecular formula is C31H40N3O+. The number of aliphatic hydroxyl groups excluding tert-OH is 1. The van der Waals surface area contributed by atoms with Gasteiger partial charge in [0.15, 0.2) is 5.71 Å². The minimum atomic E-state index is -0.0625. The number of aliphatic imine (C=N–C) groups is 1. The van der Waals surface area contributed by atoms with Gasteiger partial charge in [0.2, 0.25) is 5.69 Å². The second-order valence-corrected chi connectivity index (χ2v) is 10.4. The Morgan fingerprint density at radius 1 is 0.971 bits per heavy atom. The maximum absolute atomic E-state index is 9.49. The van der Waals surface area contributed by atoms with E-state index in [2.05, 4.69) is 118 Å². The van der Waals surface area contributed by atoms with Crippen LogP contribution >= 0.6 is 0 Å². The highest BCUT2D eigenvalue weighted by Crippen LogP contribution is 2.47. The number of rotatable bonds is 8. The van der Waals surface area contributed by atoms with E-state index >= 15 is 0 Å². The molecule has 0 saturated carbocycles. The number of para-hydroxylation sites is 2. The lowest BCUT2D eigenvalue weighted by molar-refractivity contribution is -0.434. The normalized spacial score (nSPS) is 19.7. The van der Waals surface area contributed by atoms with Crippen molar-refractivity contribution in [1.29, 1.82) is 0 Å². The van der Waals surface area contributed by atoms with E-state index < -0.39 is 0 Å². The van der Waals surface area contributed by atoms with Crippen LogP contribution in [-0.2, 0) is 10.8 Å². The van der Waals surface area contributed by atoms with Crippen LogP contribution in [0.25, 0.3) is 0 Å². The highest BCUT2D eigenvalue weighted by atomic mass is 16.3. The highest BCUT2D eigenvalue weighted by Gasteiger charge is 2.45. The Balaban J connectivity index is 1.66. The zero-order valence-corrected chi connectivity index (χ0v) is 22.2. The van der Waals surface area contributed by atoms with Crippen LogP contribution in [0.5, 0.6) is 0 Å². The molecule has 0 fully saturated rings. The van der Waals surface area contributed by atoms with Crippen LogP contribution in [0.3, 0.4) is 0 Å². The van der Waals surface area contributed by atoms with Gasteiger partial charge in [0.05, 0.1) is 25.0 Å². The minimum Gasteiger partial charge on any atom is -0.394 e. The maximum Gasteiger partial charge on any atom is 0.209 e. The Morgan fingerprint density at radius 3 is 2.34 bits per heavy atom. The number of allylic oxidation sites excluding steroid dienone is 4. The Labute approximate surface area is 211 Å². The first kappa shape index (κ1) is 25.1. The summed E-state index contributed by atoms with van der Waals surface area (Å²) in [4.78, 5) is 7.18. The lowest BCUT2D eigenvalue weighted by atomic mass is 9.79. The molecule has 0 radical (unpaired) electrons. The highest BCUT2D eigenvalue weighted by molar-refractivity contribution is 6.12. The fraction of sp³-hybridized carbons (Fsp3) is 0.419. The molecule has 2 aliphatic heterocycles. The van der Waals surface area contributed by atoms with Crippen LogP contribution in [-0.4, -0.2) is 47.3 Å². The molecule has 4 rings (SSSR count).